The molecular formula is C13H20FN3O2. The highest BCUT2D eigenvalue weighted by atomic mass is 19.1. The van der Waals surface area contributed by atoms with E-state index in [9.17, 15) is 4.39 Å². The second-order valence-electron chi connectivity index (χ2n) is 4.17. The Morgan fingerprint density at radius 3 is 2.79 bits per heavy atom. The second-order valence-corrected chi connectivity index (χ2v) is 4.17. The summed E-state index contributed by atoms with van der Waals surface area (Å²) in [6.07, 6.45) is 0.447. The summed E-state index contributed by atoms with van der Waals surface area (Å²) in [5.41, 5.74) is 6.02. The van der Waals surface area contributed by atoms with Gasteiger partial charge in [0.25, 0.3) is 0 Å². The summed E-state index contributed by atoms with van der Waals surface area (Å²) >= 11 is 0. The Morgan fingerprint density at radius 2 is 2.26 bits per heavy atom. The fourth-order valence-electron chi connectivity index (χ4n) is 1.70. The third kappa shape index (κ3) is 4.75. The first-order valence-electron chi connectivity index (χ1n) is 6.11. The molecule has 5 nitrogen and oxygen atoms in total. The zero-order valence-corrected chi connectivity index (χ0v) is 11.3. The molecule has 0 aliphatic rings. The van der Waals surface area contributed by atoms with Crippen LogP contribution >= 0.6 is 0 Å². The Hall–Kier alpha value is -1.82. The van der Waals surface area contributed by atoms with Crippen LogP contribution in [0.15, 0.2) is 23.4 Å². The highest BCUT2D eigenvalue weighted by Crippen LogP contribution is 2.17. The lowest BCUT2D eigenvalue weighted by Crippen LogP contribution is -2.28. The minimum absolute atomic E-state index is 0.175. The van der Waals surface area contributed by atoms with Crippen molar-refractivity contribution in [1.29, 1.82) is 0 Å². The van der Waals surface area contributed by atoms with Crippen molar-refractivity contribution >= 4 is 5.84 Å². The first kappa shape index (κ1) is 15.2. The maximum Gasteiger partial charge on any atom is 0.140 e. The number of amidine groups is 1. The molecule has 0 saturated heterocycles. The highest BCUT2D eigenvalue weighted by Gasteiger charge is 2.09. The van der Waals surface area contributed by atoms with Crippen molar-refractivity contribution in [3.8, 4) is 5.75 Å². The molecule has 6 heteroatoms. The number of rotatable bonds is 7. The zero-order chi connectivity index (χ0) is 14.3. The van der Waals surface area contributed by atoms with E-state index in [2.05, 4.69) is 5.16 Å². The number of hydrogen-bond donors (Lipinski definition) is 2. The molecule has 0 bridgehead atoms. The third-order valence-corrected chi connectivity index (χ3v) is 2.91. The second kappa shape index (κ2) is 7.58. The van der Waals surface area contributed by atoms with E-state index in [4.69, 9.17) is 15.7 Å². The molecular weight excluding hydrogens is 249 g/mol. The van der Waals surface area contributed by atoms with Gasteiger partial charge < -0.3 is 15.7 Å². The standard InChI is InChI=1S/C13H20FN3O2/c1-3-17(7-6-13(15)16-18)9-10-4-5-11(19-2)8-12(10)14/h4-5,8,18H,3,6-7,9H2,1-2H3,(H2,15,16). The van der Waals surface area contributed by atoms with E-state index in [0.29, 0.717) is 30.8 Å². The zero-order valence-electron chi connectivity index (χ0n) is 11.3. The van der Waals surface area contributed by atoms with E-state index in [1.807, 2.05) is 11.8 Å². The smallest absolute Gasteiger partial charge is 0.140 e. The molecule has 0 spiro atoms. The van der Waals surface area contributed by atoms with Crippen LogP contribution in [0.4, 0.5) is 4.39 Å². The molecule has 19 heavy (non-hydrogen) atoms. The molecule has 0 aliphatic heterocycles. The van der Waals surface area contributed by atoms with Crippen molar-refractivity contribution in [3.63, 3.8) is 0 Å². The highest BCUT2D eigenvalue weighted by molar-refractivity contribution is 5.79. The lowest BCUT2D eigenvalue weighted by Gasteiger charge is -2.20. The lowest BCUT2D eigenvalue weighted by atomic mass is 10.2. The minimum atomic E-state index is -0.290. The molecule has 0 amide bonds. The monoisotopic (exact) mass is 269 g/mol. The molecule has 106 valence electrons. The van der Waals surface area contributed by atoms with Crippen molar-refractivity contribution in [1.82, 2.24) is 4.90 Å². The van der Waals surface area contributed by atoms with Crippen LogP contribution in [0, 0.1) is 5.82 Å². The number of ether oxygens (including phenoxy) is 1. The Balaban J connectivity index is 2.65. The Morgan fingerprint density at radius 1 is 1.53 bits per heavy atom. The maximum absolute atomic E-state index is 13.8. The van der Waals surface area contributed by atoms with Crippen molar-refractivity contribution in [2.75, 3.05) is 20.2 Å². The molecule has 3 N–H and O–H groups in total. The number of hydrogen-bond acceptors (Lipinski definition) is 4. The maximum atomic E-state index is 13.8. The summed E-state index contributed by atoms with van der Waals surface area (Å²) in [6, 6.07) is 4.81. The molecule has 1 rings (SSSR count). The molecule has 1 aromatic carbocycles. The van der Waals surface area contributed by atoms with Crippen LogP contribution < -0.4 is 10.5 Å². The van der Waals surface area contributed by atoms with Gasteiger partial charge in [-0.3, -0.25) is 4.90 Å². The van der Waals surface area contributed by atoms with E-state index in [1.54, 1.807) is 12.1 Å². The minimum Gasteiger partial charge on any atom is -0.497 e. The van der Waals surface area contributed by atoms with Gasteiger partial charge in [-0.05, 0) is 12.6 Å². The van der Waals surface area contributed by atoms with Gasteiger partial charge in [-0.1, -0.05) is 18.1 Å². The predicted octanol–water partition coefficient (Wildman–Crippen LogP) is 1.79. The van der Waals surface area contributed by atoms with Crippen LogP contribution in [-0.2, 0) is 6.54 Å². The van der Waals surface area contributed by atoms with Crippen molar-refractivity contribution in [2.24, 2.45) is 10.9 Å². The lowest BCUT2D eigenvalue weighted by molar-refractivity contribution is 0.279. The normalized spacial score (nSPS) is 11.9. The van der Waals surface area contributed by atoms with Gasteiger partial charge in [0.1, 0.15) is 17.4 Å². The number of nitrogens with zero attached hydrogens (tertiary/aromatic N) is 2. The molecule has 0 aliphatic carbocycles. The molecule has 0 aromatic heterocycles. The van der Waals surface area contributed by atoms with E-state index in [-0.39, 0.29) is 11.7 Å². The SMILES string of the molecule is CCN(CC/C(N)=N/O)Cc1ccc(OC)cc1F. The molecule has 0 radical (unpaired) electrons. The van der Waals surface area contributed by atoms with Gasteiger partial charge in [0.05, 0.1) is 7.11 Å². The predicted molar refractivity (Wildman–Crippen MR) is 71.9 cm³/mol. The average molecular weight is 269 g/mol. The molecule has 0 unspecified atom stereocenters. The van der Waals surface area contributed by atoms with Crippen LogP contribution in [-0.4, -0.2) is 36.1 Å². The van der Waals surface area contributed by atoms with Crippen molar-refractivity contribution in [2.45, 2.75) is 19.9 Å². The van der Waals surface area contributed by atoms with Crippen molar-refractivity contribution in [3.05, 3.63) is 29.6 Å². The summed E-state index contributed by atoms with van der Waals surface area (Å²) < 4.78 is 18.8. The summed E-state index contributed by atoms with van der Waals surface area (Å²) in [6.45, 7) is 3.82. The van der Waals surface area contributed by atoms with Crippen molar-refractivity contribution < 1.29 is 14.3 Å². The topological polar surface area (TPSA) is 71.1 Å². The van der Waals surface area contributed by atoms with Gasteiger partial charge in [-0.25, -0.2) is 4.39 Å². The number of halogens is 1. The fourth-order valence-corrected chi connectivity index (χ4v) is 1.70. The van der Waals surface area contributed by atoms with Crippen LogP contribution in [0.2, 0.25) is 0 Å². The Kier molecular flexibility index (Phi) is 6.08. The van der Waals surface area contributed by atoms with Crippen LogP contribution in [0.3, 0.4) is 0 Å². The van der Waals surface area contributed by atoms with E-state index in [0.717, 1.165) is 6.54 Å². The van der Waals surface area contributed by atoms with Gasteiger partial charge in [0, 0.05) is 31.1 Å². The van der Waals surface area contributed by atoms with Gasteiger partial charge in [0.15, 0.2) is 0 Å². The fraction of sp³-hybridized carbons (Fsp3) is 0.462. The van der Waals surface area contributed by atoms with Crippen LogP contribution in [0.25, 0.3) is 0 Å². The summed E-state index contributed by atoms with van der Waals surface area (Å²) in [4.78, 5) is 2.02. The average Bonchev–Trinajstić information content (AvgIpc) is 2.44. The van der Waals surface area contributed by atoms with Crippen LogP contribution in [0.1, 0.15) is 18.9 Å². The largest absolute Gasteiger partial charge is 0.497 e. The van der Waals surface area contributed by atoms with E-state index < -0.39 is 0 Å². The van der Waals surface area contributed by atoms with Crippen LogP contribution in [0.5, 0.6) is 5.75 Å². The molecule has 0 fully saturated rings. The first-order valence-corrected chi connectivity index (χ1v) is 6.11. The number of benzene rings is 1. The third-order valence-electron chi connectivity index (χ3n) is 2.91. The van der Waals surface area contributed by atoms with E-state index >= 15 is 0 Å². The Bertz CT molecular complexity index is 438. The quantitative estimate of drug-likeness (QED) is 0.343. The van der Waals surface area contributed by atoms with Gasteiger partial charge in [0.2, 0.25) is 0 Å². The number of methoxy groups -OCH3 is 1. The Labute approximate surface area is 112 Å². The number of oxime groups is 1. The van der Waals surface area contributed by atoms with Gasteiger partial charge in [-0.2, -0.15) is 0 Å². The molecule has 0 atom stereocenters. The summed E-state index contributed by atoms with van der Waals surface area (Å²) in [7, 11) is 1.50. The number of nitrogens with two attached hydrogens (primary N) is 1. The van der Waals surface area contributed by atoms with E-state index in [1.165, 1.54) is 13.2 Å². The summed E-state index contributed by atoms with van der Waals surface area (Å²) in [5, 5.41) is 11.4. The van der Waals surface area contributed by atoms with Gasteiger partial charge in [-0.15, -0.1) is 0 Å². The molecule has 0 saturated carbocycles. The molecule has 0 heterocycles. The van der Waals surface area contributed by atoms with Gasteiger partial charge >= 0.3 is 0 Å². The summed E-state index contributed by atoms with van der Waals surface area (Å²) in [5.74, 6) is 0.385. The first-order chi connectivity index (χ1) is 9.10. The molecule has 1 aromatic rings.